The summed E-state index contributed by atoms with van der Waals surface area (Å²) in [6.07, 6.45) is 8.44. The van der Waals surface area contributed by atoms with E-state index in [1.54, 1.807) is 16.8 Å². The van der Waals surface area contributed by atoms with Crippen molar-refractivity contribution in [2.45, 2.75) is 64.1 Å². The van der Waals surface area contributed by atoms with Crippen molar-refractivity contribution in [1.82, 2.24) is 9.47 Å². The minimum Gasteiger partial charge on any atom is -0.333 e. The molecule has 4 nitrogen and oxygen atoms in total. The van der Waals surface area contributed by atoms with Crippen LogP contribution in [0.15, 0.2) is 47.4 Å². The monoisotopic (exact) mass is 398 g/mol. The van der Waals surface area contributed by atoms with E-state index in [1.807, 2.05) is 24.3 Å². The molecule has 1 aromatic heterocycles. The molecule has 2 saturated carbocycles. The molecule has 0 radical (unpaired) electrons. The Morgan fingerprint density at radius 1 is 1.04 bits per heavy atom. The van der Waals surface area contributed by atoms with Gasteiger partial charge in [0.2, 0.25) is 0 Å². The minimum atomic E-state index is -0.124. The zero-order valence-corrected chi connectivity index (χ0v) is 17.1. The molecule has 4 rings (SSSR count). The fraction of sp³-hybridized carbons (Fsp3) is 0.478. The number of carbonyl (C=O) groups is 1. The van der Waals surface area contributed by atoms with Crippen LogP contribution in [0.3, 0.4) is 0 Å². The Kier molecular flexibility index (Phi) is 5.58. The van der Waals surface area contributed by atoms with Crippen LogP contribution in [0, 0.1) is 5.92 Å². The number of hydrogen-bond acceptors (Lipinski definition) is 2. The number of halogens is 1. The van der Waals surface area contributed by atoms with Crippen molar-refractivity contribution in [3.63, 3.8) is 0 Å². The van der Waals surface area contributed by atoms with Crippen molar-refractivity contribution in [2.24, 2.45) is 5.92 Å². The van der Waals surface area contributed by atoms with Crippen molar-refractivity contribution in [2.75, 3.05) is 0 Å². The molecule has 0 spiro atoms. The van der Waals surface area contributed by atoms with Crippen molar-refractivity contribution < 1.29 is 4.79 Å². The first-order valence-electron chi connectivity index (χ1n) is 10.3. The molecule has 2 fully saturated rings. The number of aromatic nitrogens is 1. The van der Waals surface area contributed by atoms with Crippen molar-refractivity contribution >= 4 is 17.5 Å². The summed E-state index contributed by atoms with van der Waals surface area (Å²) in [6.45, 7) is 2.66. The first kappa shape index (κ1) is 19.3. The summed E-state index contributed by atoms with van der Waals surface area (Å²) in [5.74, 6) is 0.819. The van der Waals surface area contributed by atoms with Gasteiger partial charge in [0.1, 0.15) is 0 Å². The van der Waals surface area contributed by atoms with Crippen LogP contribution in [0.1, 0.15) is 61.4 Å². The van der Waals surface area contributed by atoms with Crippen molar-refractivity contribution in [3.8, 4) is 0 Å². The summed E-state index contributed by atoms with van der Waals surface area (Å²) in [7, 11) is 0. The van der Waals surface area contributed by atoms with Gasteiger partial charge in [0.25, 0.3) is 11.5 Å². The standard InChI is InChI=1S/C23H27ClN2O2/c1-16-6-9-19(10-7-16)26(20-11-12-20)23(28)18-8-13-22(27)25(15-18)14-17-4-2-3-5-21(17)24/h2-5,8,13,15-16,19-20H,6-7,9-12,14H2,1H3. The molecule has 2 aliphatic rings. The number of hydrogen-bond donors (Lipinski definition) is 0. The van der Waals surface area contributed by atoms with E-state index in [0.717, 1.165) is 37.2 Å². The molecule has 0 saturated heterocycles. The van der Waals surface area contributed by atoms with Gasteiger partial charge in [-0.3, -0.25) is 9.59 Å². The minimum absolute atomic E-state index is 0.0648. The number of pyridine rings is 1. The molecule has 0 bridgehead atoms. The van der Waals surface area contributed by atoms with Gasteiger partial charge in [-0.2, -0.15) is 0 Å². The molecular weight excluding hydrogens is 372 g/mol. The Labute approximate surface area is 171 Å². The fourth-order valence-corrected chi connectivity index (χ4v) is 4.44. The summed E-state index contributed by atoms with van der Waals surface area (Å²) in [5, 5.41) is 0.627. The smallest absolute Gasteiger partial charge is 0.255 e. The molecule has 0 atom stereocenters. The molecule has 0 aliphatic heterocycles. The lowest BCUT2D eigenvalue weighted by atomic mass is 9.86. The Morgan fingerprint density at radius 3 is 2.32 bits per heavy atom. The highest BCUT2D eigenvalue weighted by molar-refractivity contribution is 6.31. The molecule has 1 heterocycles. The molecule has 2 aromatic rings. The Morgan fingerprint density at radius 2 is 1.68 bits per heavy atom. The van der Waals surface area contributed by atoms with Crippen LogP contribution in [0.5, 0.6) is 0 Å². The molecule has 0 unspecified atom stereocenters. The van der Waals surface area contributed by atoms with Gasteiger partial charge in [0, 0.05) is 29.4 Å². The topological polar surface area (TPSA) is 42.3 Å². The number of rotatable bonds is 5. The molecule has 1 aromatic carbocycles. The van der Waals surface area contributed by atoms with Gasteiger partial charge < -0.3 is 9.47 Å². The second-order valence-electron chi connectivity index (χ2n) is 8.33. The van der Waals surface area contributed by atoms with Gasteiger partial charge in [-0.1, -0.05) is 36.7 Å². The van der Waals surface area contributed by atoms with Crippen LogP contribution in [0.2, 0.25) is 5.02 Å². The number of carbonyl (C=O) groups excluding carboxylic acids is 1. The lowest BCUT2D eigenvalue weighted by molar-refractivity contribution is 0.0592. The first-order valence-corrected chi connectivity index (χ1v) is 10.7. The van der Waals surface area contributed by atoms with E-state index in [0.29, 0.717) is 29.2 Å². The Bertz CT molecular complexity index is 911. The second-order valence-corrected chi connectivity index (χ2v) is 8.74. The summed E-state index contributed by atoms with van der Waals surface area (Å²) in [6, 6.07) is 11.4. The average molecular weight is 399 g/mol. The zero-order valence-electron chi connectivity index (χ0n) is 16.3. The van der Waals surface area contributed by atoms with E-state index in [1.165, 1.54) is 18.9 Å². The lowest BCUT2D eigenvalue weighted by Crippen LogP contribution is -2.44. The number of benzene rings is 1. The Hall–Kier alpha value is -2.07. The molecule has 0 N–H and O–H groups in total. The summed E-state index contributed by atoms with van der Waals surface area (Å²) in [5.41, 5.74) is 1.34. The van der Waals surface area contributed by atoms with Crippen LogP contribution in [0.25, 0.3) is 0 Å². The van der Waals surface area contributed by atoms with Crippen LogP contribution in [-0.4, -0.2) is 27.5 Å². The van der Waals surface area contributed by atoms with E-state index in [2.05, 4.69) is 11.8 Å². The van der Waals surface area contributed by atoms with E-state index in [9.17, 15) is 9.59 Å². The third kappa shape index (κ3) is 4.17. The number of amides is 1. The van der Waals surface area contributed by atoms with Crippen LogP contribution in [-0.2, 0) is 6.54 Å². The third-order valence-electron chi connectivity index (χ3n) is 6.08. The SMILES string of the molecule is CC1CCC(N(C(=O)c2ccc(=O)n(Cc3ccccc3Cl)c2)C2CC2)CC1. The maximum Gasteiger partial charge on any atom is 0.255 e. The highest BCUT2D eigenvalue weighted by Crippen LogP contribution is 2.36. The van der Waals surface area contributed by atoms with Gasteiger partial charge in [-0.25, -0.2) is 0 Å². The van der Waals surface area contributed by atoms with Gasteiger partial charge in [0.15, 0.2) is 0 Å². The maximum absolute atomic E-state index is 13.4. The third-order valence-corrected chi connectivity index (χ3v) is 6.45. The lowest BCUT2D eigenvalue weighted by Gasteiger charge is -2.36. The second kappa shape index (κ2) is 8.12. The summed E-state index contributed by atoms with van der Waals surface area (Å²) < 4.78 is 1.59. The molecule has 5 heteroatoms. The van der Waals surface area contributed by atoms with Crippen molar-refractivity contribution in [3.05, 3.63) is 69.1 Å². The van der Waals surface area contributed by atoms with Crippen LogP contribution in [0.4, 0.5) is 0 Å². The van der Waals surface area contributed by atoms with Gasteiger partial charge in [-0.15, -0.1) is 0 Å². The van der Waals surface area contributed by atoms with E-state index < -0.39 is 0 Å². The largest absolute Gasteiger partial charge is 0.333 e. The normalized spacial score (nSPS) is 22.1. The van der Waals surface area contributed by atoms with Gasteiger partial charge in [0.05, 0.1) is 12.1 Å². The molecule has 148 valence electrons. The van der Waals surface area contributed by atoms with Crippen molar-refractivity contribution in [1.29, 1.82) is 0 Å². The number of nitrogens with zero attached hydrogens (tertiary/aromatic N) is 2. The first-order chi connectivity index (χ1) is 13.5. The van der Waals surface area contributed by atoms with E-state index >= 15 is 0 Å². The fourth-order valence-electron chi connectivity index (χ4n) is 4.24. The molecule has 28 heavy (non-hydrogen) atoms. The quantitative estimate of drug-likeness (QED) is 0.730. The Balaban J connectivity index is 1.58. The predicted molar refractivity (Wildman–Crippen MR) is 112 cm³/mol. The molecule has 1 amide bonds. The summed E-state index contributed by atoms with van der Waals surface area (Å²) >= 11 is 6.25. The summed E-state index contributed by atoms with van der Waals surface area (Å²) in [4.78, 5) is 27.8. The average Bonchev–Trinajstić information content (AvgIpc) is 3.52. The molecular formula is C23H27ClN2O2. The predicted octanol–water partition coefficient (Wildman–Crippen LogP) is 4.73. The highest BCUT2D eigenvalue weighted by Gasteiger charge is 2.38. The van der Waals surface area contributed by atoms with Crippen LogP contribution < -0.4 is 5.56 Å². The van der Waals surface area contributed by atoms with Gasteiger partial charge >= 0.3 is 0 Å². The van der Waals surface area contributed by atoms with E-state index in [-0.39, 0.29) is 11.5 Å². The maximum atomic E-state index is 13.4. The molecule has 2 aliphatic carbocycles. The zero-order chi connectivity index (χ0) is 19.7. The highest BCUT2D eigenvalue weighted by atomic mass is 35.5. The van der Waals surface area contributed by atoms with E-state index in [4.69, 9.17) is 11.6 Å². The van der Waals surface area contributed by atoms with Crippen LogP contribution >= 0.6 is 11.6 Å². The van der Waals surface area contributed by atoms with Gasteiger partial charge in [-0.05, 0) is 62.1 Å².